The molecule has 2 rings (SSSR count). The Bertz CT molecular complexity index is 667. The van der Waals surface area contributed by atoms with Crippen LogP contribution in [-0.4, -0.2) is 12.1 Å². The summed E-state index contributed by atoms with van der Waals surface area (Å²) in [4.78, 5) is 4.11. The van der Waals surface area contributed by atoms with Crippen LogP contribution in [0.1, 0.15) is 11.1 Å². The van der Waals surface area contributed by atoms with Crippen LogP contribution in [0.25, 0.3) is 0 Å². The Hall–Kier alpha value is -2.45. The van der Waals surface area contributed by atoms with Crippen molar-refractivity contribution in [3.8, 4) is 11.8 Å². The van der Waals surface area contributed by atoms with Crippen molar-refractivity contribution in [2.24, 2.45) is 0 Å². The van der Waals surface area contributed by atoms with Crippen molar-refractivity contribution in [2.75, 3.05) is 18.2 Å². The van der Waals surface area contributed by atoms with Gasteiger partial charge in [0.1, 0.15) is 17.6 Å². The Labute approximate surface area is 122 Å². The van der Waals surface area contributed by atoms with Crippen molar-refractivity contribution < 1.29 is 4.74 Å². The van der Waals surface area contributed by atoms with E-state index in [2.05, 4.69) is 10.3 Å². The first-order valence-electron chi connectivity index (χ1n) is 5.86. The number of ether oxygens (including phenoxy) is 1. The molecule has 0 radical (unpaired) electrons. The molecule has 0 amide bonds. The molecular formula is C14H13ClN4O. The number of benzene rings is 1. The van der Waals surface area contributed by atoms with Crippen LogP contribution < -0.4 is 15.8 Å². The first kappa shape index (κ1) is 14.0. The number of aromatic nitrogens is 1. The van der Waals surface area contributed by atoms with Gasteiger partial charge >= 0.3 is 0 Å². The maximum atomic E-state index is 9.06. The lowest BCUT2D eigenvalue weighted by molar-refractivity contribution is 0.410. The maximum absolute atomic E-state index is 9.06. The minimum absolute atomic E-state index is 0.385. The molecule has 0 saturated heterocycles. The fourth-order valence-corrected chi connectivity index (χ4v) is 2.01. The second-order valence-electron chi connectivity index (χ2n) is 4.05. The largest absolute Gasteiger partial charge is 0.496 e. The molecule has 1 aromatic carbocycles. The highest BCUT2D eigenvalue weighted by atomic mass is 35.5. The molecule has 6 heteroatoms. The number of nitrogens with one attached hydrogen (secondary N) is 1. The van der Waals surface area contributed by atoms with E-state index in [1.165, 1.54) is 6.20 Å². The highest BCUT2D eigenvalue weighted by Gasteiger charge is 2.09. The van der Waals surface area contributed by atoms with E-state index in [0.29, 0.717) is 34.4 Å². The lowest BCUT2D eigenvalue weighted by atomic mass is 10.2. The maximum Gasteiger partial charge on any atom is 0.144 e. The number of hydrogen-bond donors (Lipinski definition) is 2. The number of methoxy groups -OCH3 is 1. The van der Waals surface area contributed by atoms with Crippen LogP contribution in [0, 0.1) is 11.3 Å². The second kappa shape index (κ2) is 6.13. The van der Waals surface area contributed by atoms with E-state index < -0.39 is 0 Å². The van der Waals surface area contributed by atoms with Crippen LogP contribution in [0.3, 0.4) is 0 Å². The van der Waals surface area contributed by atoms with Crippen molar-refractivity contribution in [3.63, 3.8) is 0 Å². The number of nitriles is 1. The van der Waals surface area contributed by atoms with Crippen LogP contribution >= 0.6 is 11.6 Å². The number of nitrogens with zero attached hydrogens (tertiary/aromatic N) is 2. The van der Waals surface area contributed by atoms with E-state index >= 15 is 0 Å². The predicted molar refractivity (Wildman–Crippen MR) is 78.7 cm³/mol. The van der Waals surface area contributed by atoms with Gasteiger partial charge in [-0.2, -0.15) is 5.26 Å². The Morgan fingerprint density at radius 3 is 3.00 bits per heavy atom. The van der Waals surface area contributed by atoms with E-state index in [-0.39, 0.29) is 0 Å². The monoisotopic (exact) mass is 288 g/mol. The number of halogens is 1. The molecule has 0 saturated carbocycles. The normalized spacial score (nSPS) is 9.85. The standard InChI is InChI=1S/C14H13ClN4O/c1-20-13-4-2-3-12(15)11(13)8-19-14-9(6-16)5-10(17)7-18-14/h2-5,7H,8,17H2,1H3,(H,18,19). The number of rotatable bonds is 4. The summed E-state index contributed by atoms with van der Waals surface area (Å²) in [6.07, 6.45) is 1.49. The van der Waals surface area contributed by atoms with Crippen LogP contribution in [0.15, 0.2) is 30.5 Å². The second-order valence-corrected chi connectivity index (χ2v) is 4.46. The molecule has 102 valence electrons. The fourth-order valence-electron chi connectivity index (χ4n) is 1.78. The first-order chi connectivity index (χ1) is 9.65. The van der Waals surface area contributed by atoms with E-state index in [1.54, 1.807) is 19.2 Å². The van der Waals surface area contributed by atoms with Crippen LogP contribution in [-0.2, 0) is 6.54 Å². The van der Waals surface area contributed by atoms with Gasteiger partial charge in [0.05, 0.1) is 24.6 Å². The van der Waals surface area contributed by atoms with E-state index in [1.807, 2.05) is 18.2 Å². The minimum Gasteiger partial charge on any atom is -0.496 e. The lowest BCUT2D eigenvalue weighted by Crippen LogP contribution is -2.06. The fraction of sp³-hybridized carbons (Fsp3) is 0.143. The Morgan fingerprint density at radius 1 is 1.50 bits per heavy atom. The van der Waals surface area contributed by atoms with Gasteiger partial charge in [0.2, 0.25) is 0 Å². The summed E-state index contributed by atoms with van der Waals surface area (Å²) in [6, 6.07) is 9.03. The third-order valence-electron chi connectivity index (χ3n) is 2.76. The molecule has 1 heterocycles. The summed E-state index contributed by atoms with van der Waals surface area (Å²) >= 11 is 6.15. The minimum atomic E-state index is 0.385. The summed E-state index contributed by atoms with van der Waals surface area (Å²) in [6.45, 7) is 0.397. The molecule has 0 aliphatic heterocycles. The summed E-state index contributed by atoms with van der Waals surface area (Å²) in [5.74, 6) is 1.14. The Kier molecular flexibility index (Phi) is 4.28. The van der Waals surface area contributed by atoms with Crippen LogP contribution in [0.4, 0.5) is 11.5 Å². The molecule has 0 atom stereocenters. The quantitative estimate of drug-likeness (QED) is 0.904. The van der Waals surface area contributed by atoms with Crippen LogP contribution in [0.5, 0.6) is 5.75 Å². The highest BCUT2D eigenvalue weighted by molar-refractivity contribution is 6.31. The molecule has 20 heavy (non-hydrogen) atoms. The lowest BCUT2D eigenvalue weighted by Gasteiger charge is -2.12. The third-order valence-corrected chi connectivity index (χ3v) is 3.11. The van der Waals surface area contributed by atoms with Gasteiger partial charge in [-0.25, -0.2) is 4.98 Å². The van der Waals surface area contributed by atoms with Gasteiger partial charge in [0.25, 0.3) is 0 Å². The zero-order valence-corrected chi connectivity index (χ0v) is 11.6. The van der Waals surface area contributed by atoms with E-state index in [4.69, 9.17) is 27.3 Å². The summed E-state index contributed by atoms with van der Waals surface area (Å²) in [5.41, 5.74) is 7.23. The number of pyridine rings is 1. The van der Waals surface area contributed by atoms with Crippen LogP contribution in [0.2, 0.25) is 5.02 Å². The Morgan fingerprint density at radius 2 is 2.30 bits per heavy atom. The highest BCUT2D eigenvalue weighted by Crippen LogP contribution is 2.27. The van der Waals surface area contributed by atoms with Gasteiger partial charge < -0.3 is 15.8 Å². The summed E-state index contributed by atoms with van der Waals surface area (Å²) in [5, 5.41) is 12.7. The van der Waals surface area contributed by atoms with E-state index in [0.717, 1.165) is 5.56 Å². The predicted octanol–water partition coefficient (Wildman–Crippen LogP) is 2.81. The number of nitrogens with two attached hydrogens (primary N) is 1. The van der Waals surface area contributed by atoms with Gasteiger partial charge in [0, 0.05) is 17.1 Å². The molecule has 1 aromatic heterocycles. The number of hydrogen-bond acceptors (Lipinski definition) is 5. The SMILES string of the molecule is COc1cccc(Cl)c1CNc1ncc(N)cc1C#N. The van der Waals surface area contributed by atoms with Crippen molar-refractivity contribution in [1.29, 1.82) is 5.26 Å². The molecule has 2 aromatic rings. The molecule has 0 unspecified atom stereocenters. The van der Waals surface area contributed by atoms with Gasteiger partial charge in [-0.1, -0.05) is 17.7 Å². The molecule has 0 spiro atoms. The number of nitrogen functional groups attached to an aromatic ring is 1. The van der Waals surface area contributed by atoms with Gasteiger partial charge in [-0.3, -0.25) is 0 Å². The molecular weight excluding hydrogens is 276 g/mol. The van der Waals surface area contributed by atoms with Crippen molar-refractivity contribution in [3.05, 3.63) is 46.6 Å². The van der Waals surface area contributed by atoms with E-state index in [9.17, 15) is 0 Å². The summed E-state index contributed by atoms with van der Waals surface area (Å²) < 4.78 is 5.26. The molecule has 3 N–H and O–H groups in total. The van der Waals surface area contributed by atoms with Gasteiger partial charge in [0.15, 0.2) is 0 Å². The molecule has 0 bridgehead atoms. The molecule has 0 aliphatic carbocycles. The smallest absolute Gasteiger partial charge is 0.144 e. The van der Waals surface area contributed by atoms with Gasteiger partial charge in [-0.05, 0) is 18.2 Å². The van der Waals surface area contributed by atoms with Crippen molar-refractivity contribution in [1.82, 2.24) is 4.98 Å². The average molecular weight is 289 g/mol. The van der Waals surface area contributed by atoms with Crippen molar-refractivity contribution >= 4 is 23.1 Å². The number of anilines is 2. The molecule has 0 aliphatic rings. The zero-order valence-electron chi connectivity index (χ0n) is 10.9. The zero-order chi connectivity index (χ0) is 14.5. The molecule has 5 nitrogen and oxygen atoms in total. The van der Waals surface area contributed by atoms with Crippen molar-refractivity contribution in [2.45, 2.75) is 6.54 Å². The third kappa shape index (κ3) is 2.92. The summed E-state index contributed by atoms with van der Waals surface area (Å²) in [7, 11) is 1.58. The van der Waals surface area contributed by atoms with Gasteiger partial charge in [-0.15, -0.1) is 0 Å². The molecule has 0 fully saturated rings. The first-order valence-corrected chi connectivity index (χ1v) is 6.24. The topological polar surface area (TPSA) is 84.0 Å². The Balaban J connectivity index is 2.24. The average Bonchev–Trinajstić information content (AvgIpc) is 2.46.